The first-order valence-electron chi connectivity index (χ1n) is 6.04. The number of allylic oxidation sites excluding steroid dienone is 3. The minimum atomic E-state index is -0.0125. The third-order valence-electron chi connectivity index (χ3n) is 3.15. The molecule has 0 saturated heterocycles. The number of nitrogens with two attached hydrogens (primary N) is 1. The van der Waals surface area contributed by atoms with E-state index < -0.39 is 0 Å². The smallest absolute Gasteiger partial charge is 0.189 e. The molecule has 3 N–H and O–H groups in total. The van der Waals surface area contributed by atoms with Crippen molar-refractivity contribution in [1.29, 1.82) is 5.41 Å². The molecular weight excluding hydrogens is 240 g/mol. The molecule has 0 atom stereocenters. The first-order valence-corrected chi connectivity index (χ1v) is 6.04. The maximum Gasteiger partial charge on any atom is 0.189 e. The highest BCUT2D eigenvalue weighted by molar-refractivity contribution is 6.11. The van der Waals surface area contributed by atoms with Gasteiger partial charge in [0, 0.05) is 28.6 Å². The van der Waals surface area contributed by atoms with Gasteiger partial charge in [0.2, 0.25) is 0 Å². The lowest BCUT2D eigenvalue weighted by Crippen LogP contribution is -2.16. The summed E-state index contributed by atoms with van der Waals surface area (Å²) in [5, 5.41) is 6.96. The first kappa shape index (κ1) is 13.1. The zero-order chi connectivity index (χ0) is 13.8. The van der Waals surface area contributed by atoms with Crippen LogP contribution in [0.3, 0.4) is 0 Å². The van der Waals surface area contributed by atoms with E-state index in [1.165, 1.54) is 6.08 Å². The van der Waals surface area contributed by atoms with Gasteiger partial charge in [0.1, 0.15) is 5.75 Å². The number of carbonyl (C=O) groups excluding carboxylic acids is 1. The molecule has 0 amide bonds. The van der Waals surface area contributed by atoms with Crippen molar-refractivity contribution < 1.29 is 9.53 Å². The molecule has 0 radical (unpaired) electrons. The molecule has 2 rings (SSSR count). The number of fused-ring (bicyclic) bond motifs is 1. The molecule has 0 bridgehead atoms. The van der Waals surface area contributed by atoms with Gasteiger partial charge < -0.3 is 15.9 Å². The largest absolute Gasteiger partial charge is 0.496 e. The van der Waals surface area contributed by atoms with E-state index in [0.29, 0.717) is 23.3 Å². The van der Waals surface area contributed by atoms with Crippen LogP contribution in [-0.4, -0.2) is 19.1 Å². The number of Topliss-reactive ketones (excluding diaryl/α,β-unsaturated/α-hetero) is 1. The summed E-state index contributed by atoms with van der Waals surface area (Å²) in [5.74, 6) is 0.745. The molecule has 0 heterocycles. The zero-order valence-electron chi connectivity index (χ0n) is 10.8. The van der Waals surface area contributed by atoms with Gasteiger partial charge in [-0.05, 0) is 31.1 Å². The molecule has 0 aromatic heterocycles. The molecule has 0 aliphatic heterocycles. The average molecular weight is 256 g/mol. The van der Waals surface area contributed by atoms with Crippen LogP contribution in [0.2, 0.25) is 0 Å². The Bertz CT molecular complexity index is 586. The van der Waals surface area contributed by atoms with E-state index in [-0.39, 0.29) is 5.78 Å². The summed E-state index contributed by atoms with van der Waals surface area (Å²) in [6.07, 6.45) is 5.61. The van der Waals surface area contributed by atoms with E-state index in [4.69, 9.17) is 15.9 Å². The molecule has 0 unspecified atom stereocenters. The SMILES string of the molecule is COc1cccc2c1CC/C(=C/C(N)=CC=N)C2=O. The maximum atomic E-state index is 12.4. The number of rotatable bonds is 3. The number of hydrogen-bond donors (Lipinski definition) is 2. The quantitative estimate of drug-likeness (QED) is 0.643. The Morgan fingerprint density at radius 1 is 1.42 bits per heavy atom. The van der Waals surface area contributed by atoms with Gasteiger partial charge in [-0.3, -0.25) is 4.79 Å². The van der Waals surface area contributed by atoms with Gasteiger partial charge in [-0.15, -0.1) is 0 Å². The van der Waals surface area contributed by atoms with Crippen molar-refractivity contribution >= 4 is 12.0 Å². The van der Waals surface area contributed by atoms with E-state index in [2.05, 4.69) is 0 Å². The number of nitrogens with one attached hydrogen (secondary N) is 1. The van der Waals surface area contributed by atoms with Crippen LogP contribution in [0.25, 0.3) is 0 Å². The van der Waals surface area contributed by atoms with Crippen LogP contribution in [0.4, 0.5) is 0 Å². The standard InChI is InChI=1S/C15H16N2O2/c1-19-14-4-2-3-13-12(14)6-5-10(15(13)18)9-11(17)7-8-16/h2-4,7-9,16H,5-6,17H2,1H3/b10-9-,11-7?,16-8?. The number of ether oxygens (including phenoxy) is 1. The Kier molecular flexibility index (Phi) is 3.80. The van der Waals surface area contributed by atoms with Gasteiger partial charge in [-0.1, -0.05) is 12.1 Å². The predicted molar refractivity (Wildman–Crippen MR) is 74.8 cm³/mol. The van der Waals surface area contributed by atoms with Crippen molar-refractivity contribution in [2.45, 2.75) is 12.8 Å². The molecule has 0 spiro atoms. The van der Waals surface area contributed by atoms with Crippen molar-refractivity contribution in [2.24, 2.45) is 5.73 Å². The molecular formula is C15H16N2O2. The average Bonchev–Trinajstić information content (AvgIpc) is 2.41. The normalized spacial score (nSPS) is 17.2. The van der Waals surface area contributed by atoms with Gasteiger partial charge in [0.25, 0.3) is 0 Å². The fraction of sp³-hybridized carbons (Fsp3) is 0.200. The van der Waals surface area contributed by atoms with Gasteiger partial charge in [0.05, 0.1) is 7.11 Å². The van der Waals surface area contributed by atoms with E-state index in [0.717, 1.165) is 23.9 Å². The van der Waals surface area contributed by atoms with Crippen molar-refractivity contribution in [3.8, 4) is 5.75 Å². The lowest BCUT2D eigenvalue weighted by atomic mass is 9.86. The van der Waals surface area contributed by atoms with Crippen molar-refractivity contribution in [2.75, 3.05) is 7.11 Å². The van der Waals surface area contributed by atoms with Crippen LogP contribution in [0, 0.1) is 5.41 Å². The molecule has 0 saturated carbocycles. The first-order chi connectivity index (χ1) is 9.17. The van der Waals surface area contributed by atoms with Crippen molar-refractivity contribution in [1.82, 2.24) is 0 Å². The Morgan fingerprint density at radius 2 is 2.21 bits per heavy atom. The van der Waals surface area contributed by atoms with Crippen LogP contribution < -0.4 is 10.5 Å². The molecule has 1 aromatic rings. The van der Waals surface area contributed by atoms with Crippen LogP contribution >= 0.6 is 0 Å². The van der Waals surface area contributed by atoms with E-state index >= 15 is 0 Å². The molecule has 0 fully saturated rings. The van der Waals surface area contributed by atoms with Gasteiger partial charge >= 0.3 is 0 Å². The highest BCUT2D eigenvalue weighted by Gasteiger charge is 2.24. The van der Waals surface area contributed by atoms with Crippen LogP contribution in [0.15, 0.2) is 41.6 Å². The third kappa shape index (κ3) is 2.57. The summed E-state index contributed by atoms with van der Waals surface area (Å²) >= 11 is 0. The molecule has 4 heteroatoms. The van der Waals surface area contributed by atoms with Crippen molar-refractivity contribution in [3.05, 3.63) is 52.7 Å². The second-order valence-corrected chi connectivity index (χ2v) is 4.32. The Morgan fingerprint density at radius 3 is 2.89 bits per heavy atom. The van der Waals surface area contributed by atoms with Gasteiger partial charge in [0.15, 0.2) is 5.78 Å². The summed E-state index contributed by atoms with van der Waals surface area (Å²) in [6.45, 7) is 0. The van der Waals surface area contributed by atoms with Crippen LogP contribution in [0.1, 0.15) is 22.3 Å². The summed E-state index contributed by atoms with van der Waals surface area (Å²) in [4.78, 5) is 12.4. The van der Waals surface area contributed by atoms with E-state index in [1.54, 1.807) is 13.2 Å². The molecule has 19 heavy (non-hydrogen) atoms. The number of benzene rings is 1. The van der Waals surface area contributed by atoms with Crippen LogP contribution in [0.5, 0.6) is 5.75 Å². The summed E-state index contributed by atoms with van der Waals surface area (Å²) in [5.41, 5.74) is 8.45. The monoisotopic (exact) mass is 256 g/mol. The van der Waals surface area contributed by atoms with Gasteiger partial charge in [-0.2, -0.15) is 0 Å². The molecule has 1 aliphatic carbocycles. The lowest BCUT2D eigenvalue weighted by molar-refractivity contribution is 0.102. The number of hydrogen-bond acceptors (Lipinski definition) is 4. The zero-order valence-corrected chi connectivity index (χ0v) is 10.8. The summed E-state index contributed by atoms with van der Waals surface area (Å²) in [7, 11) is 1.61. The van der Waals surface area contributed by atoms with E-state index in [1.807, 2.05) is 18.2 Å². The van der Waals surface area contributed by atoms with Crippen molar-refractivity contribution in [3.63, 3.8) is 0 Å². The summed E-state index contributed by atoms with van der Waals surface area (Å²) in [6, 6.07) is 5.49. The highest BCUT2D eigenvalue weighted by Crippen LogP contribution is 2.31. The van der Waals surface area contributed by atoms with Gasteiger partial charge in [-0.25, -0.2) is 0 Å². The minimum absolute atomic E-state index is 0.0125. The second-order valence-electron chi connectivity index (χ2n) is 4.32. The Labute approximate surface area is 112 Å². The Hall–Kier alpha value is -2.36. The fourth-order valence-electron chi connectivity index (χ4n) is 2.26. The molecule has 4 nitrogen and oxygen atoms in total. The lowest BCUT2D eigenvalue weighted by Gasteiger charge is -2.19. The topological polar surface area (TPSA) is 76.2 Å². The number of carbonyl (C=O) groups is 1. The number of methoxy groups -OCH3 is 1. The maximum absolute atomic E-state index is 12.4. The fourth-order valence-corrected chi connectivity index (χ4v) is 2.26. The second kappa shape index (κ2) is 5.52. The Balaban J connectivity index is 2.40. The molecule has 1 aliphatic rings. The minimum Gasteiger partial charge on any atom is -0.496 e. The van der Waals surface area contributed by atoms with Crippen LogP contribution in [-0.2, 0) is 6.42 Å². The third-order valence-corrected chi connectivity index (χ3v) is 3.15. The predicted octanol–water partition coefficient (Wildman–Crippen LogP) is 2.24. The molecule has 1 aromatic carbocycles. The van der Waals surface area contributed by atoms with E-state index in [9.17, 15) is 4.79 Å². The number of ketones is 1. The highest BCUT2D eigenvalue weighted by atomic mass is 16.5. The summed E-state index contributed by atoms with van der Waals surface area (Å²) < 4.78 is 5.28. The molecule has 98 valence electrons.